The Morgan fingerprint density at radius 2 is 2.20 bits per heavy atom. The summed E-state index contributed by atoms with van der Waals surface area (Å²) in [5, 5.41) is 5.06. The van der Waals surface area contributed by atoms with Crippen LogP contribution in [0.5, 0.6) is 0 Å². The van der Waals surface area contributed by atoms with Gasteiger partial charge in [-0.1, -0.05) is 19.1 Å². The quantitative estimate of drug-likeness (QED) is 0.779. The highest BCUT2D eigenvalue weighted by molar-refractivity contribution is 14.1. The van der Waals surface area contributed by atoms with Gasteiger partial charge in [-0.15, -0.1) is 0 Å². The average molecular weight is 407 g/mol. The zero-order valence-corrected chi connectivity index (χ0v) is 13.8. The Bertz CT molecular complexity index is 645. The minimum absolute atomic E-state index is 0.0872. The van der Waals surface area contributed by atoms with E-state index in [9.17, 15) is 13.2 Å². The number of amides is 2. The molecule has 0 aromatic heterocycles. The largest absolute Gasteiger partial charge is 0.351 e. The van der Waals surface area contributed by atoms with Gasteiger partial charge in [-0.25, -0.2) is 22.9 Å². The third-order valence-electron chi connectivity index (χ3n) is 2.93. The second-order valence-corrected chi connectivity index (χ2v) is 7.17. The van der Waals surface area contributed by atoms with E-state index in [0.29, 0.717) is 10.1 Å². The van der Waals surface area contributed by atoms with E-state index in [4.69, 9.17) is 0 Å². The predicted molar refractivity (Wildman–Crippen MR) is 83.9 cm³/mol. The van der Waals surface area contributed by atoms with Crippen LogP contribution >= 0.6 is 22.6 Å². The number of benzene rings is 1. The van der Waals surface area contributed by atoms with Crippen LogP contribution in [-0.4, -0.2) is 32.2 Å². The zero-order chi connectivity index (χ0) is 14.8. The van der Waals surface area contributed by atoms with Crippen LogP contribution in [0.25, 0.3) is 0 Å². The molecule has 8 heteroatoms. The summed E-state index contributed by atoms with van der Waals surface area (Å²) >= 11 is 1.92. The molecular weight excluding hydrogens is 393 g/mol. The van der Waals surface area contributed by atoms with E-state index in [1.807, 2.05) is 34.2 Å². The highest BCUT2D eigenvalue weighted by Gasteiger charge is 2.27. The Kier molecular flexibility index (Phi) is 4.63. The molecule has 1 aliphatic rings. The average Bonchev–Trinajstić information content (AvgIpc) is 2.87. The summed E-state index contributed by atoms with van der Waals surface area (Å²) < 4.78 is 26.9. The summed E-state index contributed by atoms with van der Waals surface area (Å²) in [4.78, 5) is 12.0. The first-order chi connectivity index (χ1) is 9.44. The number of hydrogen-bond acceptors (Lipinski definition) is 4. The van der Waals surface area contributed by atoms with Gasteiger partial charge in [-0.2, -0.15) is 5.10 Å². The summed E-state index contributed by atoms with van der Waals surface area (Å²) in [6, 6.07) is 5.75. The summed E-state index contributed by atoms with van der Waals surface area (Å²) in [5.74, 6) is 0.181. The number of carbonyl (C=O) groups excluding carboxylic acids is 1. The lowest BCUT2D eigenvalue weighted by Crippen LogP contribution is -2.40. The lowest BCUT2D eigenvalue weighted by molar-refractivity contribution is 0.207. The third kappa shape index (κ3) is 3.29. The monoisotopic (exact) mass is 407 g/mol. The van der Waals surface area contributed by atoms with Crippen LogP contribution < -0.4 is 4.72 Å². The number of urea groups is 1. The molecule has 1 unspecified atom stereocenters. The van der Waals surface area contributed by atoms with E-state index in [0.717, 1.165) is 11.4 Å². The van der Waals surface area contributed by atoms with Crippen LogP contribution in [0.2, 0.25) is 0 Å². The summed E-state index contributed by atoms with van der Waals surface area (Å²) in [5.41, 5.74) is 0. The molecule has 1 heterocycles. The fourth-order valence-electron chi connectivity index (χ4n) is 1.75. The molecule has 0 fully saturated rings. The first kappa shape index (κ1) is 15.2. The van der Waals surface area contributed by atoms with E-state index < -0.39 is 16.1 Å². The van der Waals surface area contributed by atoms with Crippen molar-refractivity contribution >= 4 is 44.9 Å². The zero-order valence-electron chi connectivity index (χ0n) is 10.8. The van der Waals surface area contributed by atoms with Gasteiger partial charge < -0.3 is 0 Å². The van der Waals surface area contributed by atoms with Crippen molar-refractivity contribution in [3.8, 4) is 0 Å². The Morgan fingerprint density at radius 1 is 1.50 bits per heavy atom. The van der Waals surface area contributed by atoms with Crippen molar-refractivity contribution in [3.05, 3.63) is 27.8 Å². The van der Waals surface area contributed by atoms with Gasteiger partial charge in [0.1, 0.15) is 4.90 Å². The molecule has 1 N–H and O–H groups in total. The number of rotatable bonds is 3. The molecule has 2 amide bonds. The van der Waals surface area contributed by atoms with Crippen LogP contribution in [0.15, 0.2) is 34.3 Å². The maximum atomic E-state index is 12.2. The second kappa shape index (κ2) is 6.08. The molecule has 6 nitrogen and oxygen atoms in total. The molecule has 1 aliphatic heterocycles. The van der Waals surface area contributed by atoms with Gasteiger partial charge in [-0.05, 0) is 41.1 Å². The summed E-state index contributed by atoms with van der Waals surface area (Å²) in [7, 11) is -3.87. The molecule has 0 saturated heterocycles. The molecule has 0 bridgehead atoms. The van der Waals surface area contributed by atoms with E-state index in [-0.39, 0.29) is 10.8 Å². The van der Waals surface area contributed by atoms with Crippen LogP contribution in [0, 0.1) is 9.49 Å². The lowest BCUT2D eigenvalue weighted by atomic mass is 10.1. The van der Waals surface area contributed by atoms with E-state index in [2.05, 4.69) is 5.10 Å². The minimum atomic E-state index is -3.87. The molecule has 0 saturated carbocycles. The van der Waals surface area contributed by atoms with Crippen molar-refractivity contribution in [2.45, 2.75) is 18.2 Å². The first-order valence-electron chi connectivity index (χ1n) is 6.07. The molecule has 20 heavy (non-hydrogen) atoms. The predicted octanol–water partition coefficient (Wildman–Crippen LogP) is 2.02. The topological polar surface area (TPSA) is 78.8 Å². The number of hydrazone groups is 1. The van der Waals surface area contributed by atoms with Crippen molar-refractivity contribution in [3.63, 3.8) is 0 Å². The number of carbonyl (C=O) groups is 1. The SMILES string of the molecule is CCC1C=NN(C(=O)NS(=O)(=O)c2ccccc2I)C1. The molecule has 1 atom stereocenters. The van der Waals surface area contributed by atoms with Gasteiger partial charge in [-0.3, -0.25) is 0 Å². The van der Waals surface area contributed by atoms with E-state index in [1.54, 1.807) is 24.4 Å². The van der Waals surface area contributed by atoms with Crippen molar-refractivity contribution in [1.29, 1.82) is 0 Å². The molecular formula is C12H14IN3O3S. The number of sulfonamides is 1. The molecule has 0 aliphatic carbocycles. The van der Waals surface area contributed by atoms with Crippen molar-refractivity contribution < 1.29 is 13.2 Å². The van der Waals surface area contributed by atoms with Gasteiger partial charge in [0.2, 0.25) is 0 Å². The molecule has 1 aromatic rings. The Hall–Kier alpha value is -1.16. The number of halogens is 1. The Morgan fingerprint density at radius 3 is 2.80 bits per heavy atom. The van der Waals surface area contributed by atoms with E-state index in [1.165, 1.54) is 6.07 Å². The molecule has 2 rings (SSSR count). The highest BCUT2D eigenvalue weighted by Crippen LogP contribution is 2.18. The Labute approximate surface area is 131 Å². The molecule has 0 radical (unpaired) electrons. The van der Waals surface area contributed by atoms with Crippen LogP contribution in [0.1, 0.15) is 13.3 Å². The van der Waals surface area contributed by atoms with Gasteiger partial charge in [0.25, 0.3) is 10.0 Å². The molecule has 1 aromatic carbocycles. The van der Waals surface area contributed by atoms with Crippen LogP contribution in [0.4, 0.5) is 4.79 Å². The number of hydrogen-bond donors (Lipinski definition) is 1. The molecule has 0 spiro atoms. The standard InChI is InChI=1S/C12H14IN3O3S/c1-2-9-7-14-16(8-9)12(17)15-20(18,19)11-6-4-3-5-10(11)13/h3-7,9H,2,8H2,1H3,(H,15,17). The van der Waals surface area contributed by atoms with Crippen molar-refractivity contribution in [1.82, 2.24) is 9.73 Å². The van der Waals surface area contributed by atoms with Crippen LogP contribution in [0.3, 0.4) is 0 Å². The third-order valence-corrected chi connectivity index (χ3v) is 5.62. The number of nitrogens with one attached hydrogen (secondary N) is 1. The summed E-state index contributed by atoms with van der Waals surface area (Å²) in [6.45, 7) is 2.39. The first-order valence-corrected chi connectivity index (χ1v) is 8.63. The van der Waals surface area contributed by atoms with Crippen molar-refractivity contribution in [2.75, 3.05) is 6.54 Å². The van der Waals surface area contributed by atoms with Crippen molar-refractivity contribution in [2.24, 2.45) is 11.0 Å². The summed E-state index contributed by atoms with van der Waals surface area (Å²) in [6.07, 6.45) is 2.52. The van der Waals surface area contributed by atoms with Gasteiger partial charge in [0.15, 0.2) is 0 Å². The minimum Gasteiger partial charge on any atom is -0.246 e. The second-order valence-electron chi connectivity index (χ2n) is 4.36. The van der Waals surface area contributed by atoms with Gasteiger partial charge in [0.05, 0.1) is 6.54 Å². The maximum absolute atomic E-state index is 12.2. The van der Waals surface area contributed by atoms with Crippen LogP contribution in [-0.2, 0) is 10.0 Å². The smallest absolute Gasteiger partial charge is 0.246 e. The normalized spacial score (nSPS) is 18.3. The van der Waals surface area contributed by atoms with Gasteiger partial charge >= 0.3 is 6.03 Å². The van der Waals surface area contributed by atoms with Gasteiger partial charge in [0, 0.05) is 15.7 Å². The lowest BCUT2D eigenvalue weighted by Gasteiger charge is -2.15. The highest BCUT2D eigenvalue weighted by atomic mass is 127. The Balaban J connectivity index is 2.12. The fraction of sp³-hybridized carbons (Fsp3) is 0.333. The number of nitrogens with zero attached hydrogens (tertiary/aromatic N) is 2. The van der Waals surface area contributed by atoms with E-state index >= 15 is 0 Å². The maximum Gasteiger partial charge on any atom is 0.351 e. The molecule has 108 valence electrons. The fourth-order valence-corrected chi connectivity index (χ4v) is 4.03.